The maximum Gasteiger partial charge on any atom is 0.227 e. The zero-order valence-corrected chi connectivity index (χ0v) is 8.62. The summed E-state index contributed by atoms with van der Waals surface area (Å²) < 4.78 is 0. The maximum absolute atomic E-state index is 11.7. The number of carbonyl (C=O) groups is 1. The number of nitrogens with one attached hydrogen (secondary N) is 2. The zero-order chi connectivity index (χ0) is 10.7. The molecule has 4 N–H and O–H groups in total. The van der Waals surface area contributed by atoms with Crippen LogP contribution in [0.5, 0.6) is 0 Å². The fourth-order valence-electron chi connectivity index (χ4n) is 1.59. The molecule has 5 heteroatoms. The van der Waals surface area contributed by atoms with Crippen LogP contribution >= 0.6 is 0 Å². The molecule has 0 aliphatic heterocycles. The van der Waals surface area contributed by atoms with Crippen LogP contribution in [0.1, 0.15) is 18.7 Å². The van der Waals surface area contributed by atoms with E-state index in [1.165, 1.54) is 0 Å². The lowest BCUT2D eigenvalue weighted by atomic mass is 10.1. The number of rotatable bonds is 5. The van der Waals surface area contributed by atoms with E-state index in [9.17, 15) is 4.79 Å². The molecule has 5 nitrogen and oxygen atoms in total. The molecule has 0 spiro atoms. The summed E-state index contributed by atoms with van der Waals surface area (Å²) >= 11 is 0. The molecule has 0 unspecified atom stereocenters. The number of amides is 1. The summed E-state index contributed by atoms with van der Waals surface area (Å²) in [6.45, 7) is 1.08. The van der Waals surface area contributed by atoms with Crippen LogP contribution in [0.15, 0.2) is 12.4 Å². The predicted octanol–water partition coefficient (Wildman–Crippen LogP) is -0.193. The summed E-state index contributed by atoms with van der Waals surface area (Å²) in [5.41, 5.74) is 5.31. The molecule has 1 heterocycles. The fraction of sp³-hybridized carbons (Fsp3) is 0.600. The van der Waals surface area contributed by atoms with Gasteiger partial charge >= 0.3 is 0 Å². The first-order valence-corrected chi connectivity index (χ1v) is 5.23. The second-order valence-corrected chi connectivity index (χ2v) is 4.03. The molecular weight excluding hydrogens is 192 g/mol. The van der Waals surface area contributed by atoms with Crippen molar-refractivity contribution in [1.82, 2.24) is 15.3 Å². The van der Waals surface area contributed by atoms with Crippen LogP contribution in [0.2, 0.25) is 0 Å². The van der Waals surface area contributed by atoms with Crippen molar-refractivity contribution < 1.29 is 4.79 Å². The lowest BCUT2D eigenvalue weighted by Crippen LogP contribution is -2.37. The average Bonchev–Trinajstić information content (AvgIpc) is 2.90. The molecule has 0 saturated heterocycles. The lowest BCUT2D eigenvalue weighted by molar-refractivity contribution is -0.125. The number of hydrogen-bond donors (Lipinski definition) is 3. The van der Waals surface area contributed by atoms with E-state index in [4.69, 9.17) is 5.73 Å². The Bertz CT molecular complexity index is 329. The van der Waals surface area contributed by atoms with E-state index in [1.54, 1.807) is 12.4 Å². The van der Waals surface area contributed by atoms with Crippen molar-refractivity contribution in [2.75, 3.05) is 13.1 Å². The molecule has 0 aromatic carbocycles. The van der Waals surface area contributed by atoms with E-state index in [0.29, 0.717) is 13.1 Å². The smallest absolute Gasteiger partial charge is 0.227 e. The maximum atomic E-state index is 11.7. The van der Waals surface area contributed by atoms with Crippen LogP contribution in [-0.2, 0) is 11.2 Å². The Labute approximate surface area is 88.5 Å². The van der Waals surface area contributed by atoms with Crippen LogP contribution in [0.3, 0.4) is 0 Å². The quantitative estimate of drug-likeness (QED) is 0.627. The molecule has 1 aliphatic rings. The van der Waals surface area contributed by atoms with Gasteiger partial charge in [-0.2, -0.15) is 0 Å². The minimum atomic E-state index is -0.247. The molecule has 15 heavy (non-hydrogen) atoms. The van der Waals surface area contributed by atoms with E-state index in [1.807, 2.05) is 0 Å². The summed E-state index contributed by atoms with van der Waals surface area (Å²) in [7, 11) is 0. The van der Waals surface area contributed by atoms with Crippen molar-refractivity contribution in [3.05, 3.63) is 18.2 Å². The van der Waals surface area contributed by atoms with Gasteiger partial charge in [0.1, 0.15) is 5.82 Å². The van der Waals surface area contributed by atoms with Crippen molar-refractivity contribution in [1.29, 1.82) is 0 Å². The van der Waals surface area contributed by atoms with Gasteiger partial charge in [0, 0.05) is 31.9 Å². The number of hydrogen-bond acceptors (Lipinski definition) is 3. The number of H-pyrrole nitrogens is 1. The lowest BCUT2D eigenvalue weighted by Gasteiger charge is -2.11. The molecule has 2 rings (SSSR count). The highest BCUT2D eigenvalue weighted by Gasteiger charge is 2.48. The molecule has 1 aromatic rings. The molecular formula is C10H16N4O. The summed E-state index contributed by atoms with van der Waals surface area (Å²) in [4.78, 5) is 18.7. The van der Waals surface area contributed by atoms with Gasteiger partial charge in [-0.3, -0.25) is 4.79 Å². The summed E-state index contributed by atoms with van der Waals surface area (Å²) in [5.74, 6) is 0.990. The van der Waals surface area contributed by atoms with Gasteiger partial charge in [0.15, 0.2) is 0 Å². The van der Waals surface area contributed by atoms with Crippen LogP contribution in [0.4, 0.5) is 0 Å². The monoisotopic (exact) mass is 208 g/mol. The first kappa shape index (κ1) is 10.2. The van der Waals surface area contributed by atoms with Gasteiger partial charge in [0.25, 0.3) is 0 Å². The van der Waals surface area contributed by atoms with Crippen LogP contribution in [-0.4, -0.2) is 29.0 Å². The molecule has 1 aliphatic carbocycles. The normalized spacial score (nSPS) is 17.4. The fourth-order valence-corrected chi connectivity index (χ4v) is 1.59. The Hall–Kier alpha value is -1.36. The van der Waals surface area contributed by atoms with Crippen molar-refractivity contribution >= 4 is 5.91 Å². The molecule has 1 aromatic heterocycles. The number of imidazole rings is 1. The molecule has 1 fully saturated rings. The van der Waals surface area contributed by atoms with Gasteiger partial charge in [-0.1, -0.05) is 0 Å². The number of aromatic nitrogens is 2. The standard InChI is InChI=1S/C10H16N4O/c11-7-10(2-3-10)9(15)14-4-1-8-12-5-6-13-8/h5-6H,1-4,7,11H2,(H,12,13)(H,14,15). The van der Waals surface area contributed by atoms with E-state index in [0.717, 1.165) is 25.1 Å². The molecule has 0 radical (unpaired) electrons. The third kappa shape index (κ3) is 2.18. The Morgan fingerprint density at radius 1 is 1.67 bits per heavy atom. The number of aromatic amines is 1. The van der Waals surface area contributed by atoms with Gasteiger partial charge < -0.3 is 16.0 Å². The van der Waals surface area contributed by atoms with E-state index >= 15 is 0 Å². The molecule has 0 atom stereocenters. The highest BCUT2D eigenvalue weighted by Crippen LogP contribution is 2.44. The third-order valence-electron chi connectivity index (χ3n) is 2.93. The molecule has 82 valence electrons. The second-order valence-electron chi connectivity index (χ2n) is 4.03. The second kappa shape index (κ2) is 4.02. The number of nitrogens with zero attached hydrogens (tertiary/aromatic N) is 1. The average molecular weight is 208 g/mol. The van der Waals surface area contributed by atoms with Crippen LogP contribution in [0.25, 0.3) is 0 Å². The highest BCUT2D eigenvalue weighted by molar-refractivity contribution is 5.85. The van der Waals surface area contributed by atoms with E-state index < -0.39 is 0 Å². The number of carbonyl (C=O) groups excluding carboxylic acids is 1. The van der Waals surface area contributed by atoms with Crippen molar-refractivity contribution in [3.63, 3.8) is 0 Å². The van der Waals surface area contributed by atoms with Crippen LogP contribution in [0, 0.1) is 5.41 Å². The Morgan fingerprint density at radius 3 is 3.00 bits per heavy atom. The minimum absolute atomic E-state index is 0.0940. The predicted molar refractivity (Wildman–Crippen MR) is 56.0 cm³/mol. The summed E-state index contributed by atoms with van der Waals surface area (Å²) in [6.07, 6.45) is 6.07. The topological polar surface area (TPSA) is 83.8 Å². The molecule has 1 saturated carbocycles. The first-order chi connectivity index (χ1) is 7.27. The third-order valence-corrected chi connectivity index (χ3v) is 2.93. The van der Waals surface area contributed by atoms with Gasteiger partial charge in [0.2, 0.25) is 5.91 Å². The Morgan fingerprint density at radius 2 is 2.47 bits per heavy atom. The van der Waals surface area contributed by atoms with Gasteiger partial charge in [-0.15, -0.1) is 0 Å². The van der Waals surface area contributed by atoms with Crippen LogP contribution < -0.4 is 11.1 Å². The van der Waals surface area contributed by atoms with Gasteiger partial charge in [-0.05, 0) is 12.8 Å². The summed E-state index contributed by atoms with van der Waals surface area (Å²) in [5, 5.41) is 2.90. The van der Waals surface area contributed by atoms with Crippen molar-refractivity contribution in [2.24, 2.45) is 11.1 Å². The zero-order valence-electron chi connectivity index (χ0n) is 8.62. The van der Waals surface area contributed by atoms with Gasteiger partial charge in [0.05, 0.1) is 5.41 Å². The van der Waals surface area contributed by atoms with Crippen molar-refractivity contribution in [3.8, 4) is 0 Å². The first-order valence-electron chi connectivity index (χ1n) is 5.23. The SMILES string of the molecule is NCC1(C(=O)NCCc2ncc[nH]2)CC1. The van der Waals surface area contributed by atoms with E-state index in [-0.39, 0.29) is 11.3 Å². The molecule has 0 bridgehead atoms. The highest BCUT2D eigenvalue weighted by atomic mass is 16.2. The minimum Gasteiger partial charge on any atom is -0.355 e. The number of nitrogens with two attached hydrogens (primary N) is 1. The van der Waals surface area contributed by atoms with E-state index in [2.05, 4.69) is 15.3 Å². The summed E-state index contributed by atoms with van der Waals surface area (Å²) in [6, 6.07) is 0. The Kier molecular flexibility index (Phi) is 2.73. The molecule has 1 amide bonds. The van der Waals surface area contributed by atoms with Crippen molar-refractivity contribution in [2.45, 2.75) is 19.3 Å². The Balaban J connectivity index is 1.72. The van der Waals surface area contributed by atoms with Gasteiger partial charge in [-0.25, -0.2) is 4.98 Å². The largest absolute Gasteiger partial charge is 0.355 e.